The molecular weight excluding hydrogens is 214 g/mol. The fourth-order valence-electron chi connectivity index (χ4n) is 1.74. The van der Waals surface area contributed by atoms with Crippen molar-refractivity contribution in [3.63, 3.8) is 0 Å². The van der Waals surface area contributed by atoms with E-state index < -0.39 is 0 Å². The van der Waals surface area contributed by atoms with Crippen LogP contribution < -0.4 is 11.1 Å². The molecule has 0 radical (unpaired) electrons. The number of phenols is 1. The second-order valence-electron chi connectivity index (χ2n) is 4.71. The van der Waals surface area contributed by atoms with Gasteiger partial charge in [-0.05, 0) is 38.7 Å². The number of hydrogen-bond donors (Lipinski definition) is 3. The molecule has 0 aromatic heterocycles. The first-order valence-corrected chi connectivity index (χ1v) is 5.92. The average molecular weight is 237 g/mol. The molecule has 0 heterocycles. The Labute approximate surface area is 103 Å². The van der Waals surface area contributed by atoms with Crippen molar-refractivity contribution >= 4 is 0 Å². The van der Waals surface area contributed by atoms with E-state index in [1.165, 1.54) is 5.56 Å². The van der Waals surface area contributed by atoms with Gasteiger partial charge in [-0.3, -0.25) is 0 Å². The smallest absolute Gasteiger partial charge is 0.115 e. The molecule has 0 saturated carbocycles. The number of rotatable bonds is 6. The fraction of sp³-hybridized carbons (Fsp3) is 0.538. The first-order valence-electron chi connectivity index (χ1n) is 5.92. The molecule has 4 N–H and O–H groups in total. The van der Waals surface area contributed by atoms with Gasteiger partial charge in [0.15, 0.2) is 0 Å². The minimum absolute atomic E-state index is 0.164. The lowest BCUT2D eigenvalue weighted by molar-refractivity contribution is 0.287. The van der Waals surface area contributed by atoms with Crippen LogP contribution in [0.1, 0.15) is 18.5 Å². The Morgan fingerprint density at radius 3 is 2.29 bits per heavy atom. The lowest BCUT2D eigenvalue weighted by atomic mass is 10.1. The van der Waals surface area contributed by atoms with Crippen molar-refractivity contribution in [3.8, 4) is 5.75 Å². The molecule has 17 heavy (non-hydrogen) atoms. The summed E-state index contributed by atoms with van der Waals surface area (Å²) in [6, 6.07) is 7.79. The summed E-state index contributed by atoms with van der Waals surface area (Å²) in [4.78, 5) is 2.15. The van der Waals surface area contributed by atoms with Crippen molar-refractivity contribution in [2.75, 3.05) is 27.2 Å². The third-order valence-electron chi connectivity index (χ3n) is 2.71. The van der Waals surface area contributed by atoms with Crippen LogP contribution in [0.4, 0.5) is 0 Å². The normalized spacial score (nSPS) is 14.9. The van der Waals surface area contributed by atoms with Gasteiger partial charge in [-0.1, -0.05) is 12.1 Å². The second-order valence-corrected chi connectivity index (χ2v) is 4.71. The summed E-state index contributed by atoms with van der Waals surface area (Å²) < 4.78 is 0. The predicted molar refractivity (Wildman–Crippen MR) is 71.1 cm³/mol. The number of nitrogens with two attached hydrogens (primary N) is 1. The number of benzene rings is 1. The summed E-state index contributed by atoms with van der Waals surface area (Å²) in [6.07, 6.45) is 0. The van der Waals surface area contributed by atoms with Gasteiger partial charge >= 0.3 is 0 Å². The van der Waals surface area contributed by atoms with Gasteiger partial charge in [0.1, 0.15) is 5.75 Å². The van der Waals surface area contributed by atoms with Gasteiger partial charge in [0.05, 0.1) is 0 Å². The molecule has 0 aliphatic carbocycles. The third kappa shape index (κ3) is 4.73. The first kappa shape index (κ1) is 14.0. The van der Waals surface area contributed by atoms with Crippen LogP contribution in [0, 0.1) is 0 Å². The molecule has 0 aliphatic heterocycles. The minimum Gasteiger partial charge on any atom is -0.508 e. The van der Waals surface area contributed by atoms with Gasteiger partial charge in [-0.25, -0.2) is 0 Å². The van der Waals surface area contributed by atoms with E-state index in [4.69, 9.17) is 5.73 Å². The highest BCUT2D eigenvalue weighted by Crippen LogP contribution is 2.19. The van der Waals surface area contributed by atoms with Crippen molar-refractivity contribution in [2.45, 2.75) is 19.0 Å². The summed E-state index contributed by atoms with van der Waals surface area (Å²) in [5, 5.41) is 12.6. The van der Waals surface area contributed by atoms with Gasteiger partial charge in [-0.15, -0.1) is 0 Å². The van der Waals surface area contributed by atoms with Crippen molar-refractivity contribution in [1.29, 1.82) is 0 Å². The monoisotopic (exact) mass is 237 g/mol. The molecule has 0 bridgehead atoms. The van der Waals surface area contributed by atoms with Crippen molar-refractivity contribution in [1.82, 2.24) is 10.2 Å². The molecule has 4 nitrogen and oxygen atoms in total. The Morgan fingerprint density at radius 1 is 1.24 bits per heavy atom. The molecule has 2 unspecified atom stereocenters. The maximum atomic E-state index is 9.28. The molecular formula is C13H23N3O. The highest BCUT2D eigenvalue weighted by Gasteiger charge is 2.13. The summed E-state index contributed by atoms with van der Waals surface area (Å²) in [5.41, 5.74) is 6.89. The van der Waals surface area contributed by atoms with E-state index in [0.29, 0.717) is 5.75 Å². The van der Waals surface area contributed by atoms with E-state index in [1.54, 1.807) is 12.1 Å². The van der Waals surface area contributed by atoms with Crippen LogP contribution in [-0.4, -0.2) is 43.2 Å². The number of hydrogen-bond acceptors (Lipinski definition) is 4. The third-order valence-corrected chi connectivity index (χ3v) is 2.71. The number of aromatic hydroxyl groups is 1. The van der Waals surface area contributed by atoms with Crippen LogP contribution in [0.25, 0.3) is 0 Å². The maximum Gasteiger partial charge on any atom is 0.115 e. The Balaban J connectivity index is 2.62. The number of nitrogens with one attached hydrogen (secondary N) is 1. The Hall–Kier alpha value is -1.10. The molecule has 0 aliphatic rings. The van der Waals surface area contributed by atoms with E-state index in [2.05, 4.69) is 10.2 Å². The zero-order valence-electron chi connectivity index (χ0n) is 10.9. The van der Waals surface area contributed by atoms with E-state index in [1.807, 2.05) is 33.2 Å². The zero-order chi connectivity index (χ0) is 12.8. The van der Waals surface area contributed by atoms with E-state index in [9.17, 15) is 5.11 Å². The quantitative estimate of drug-likeness (QED) is 0.689. The maximum absolute atomic E-state index is 9.28. The van der Waals surface area contributed by atoms with Gasteiger partial charge in [0.2, 0.25) is 0 Å². The van der Waals surface area contributed by atoms with E-state index in [0.717, 1.165) is 13.1 Å². The Kier molecular flexibility index (Phi) is 5.41. The number of nitrogens with zero attached hydrogens (tertiary/aromatic N) is 1. The lowest BCUT2D eigenvalue weighted by Gasteiger charge is -2.25. The molecule has 4 heteroatoms. The summed E-state index contributed by atoms with van der Waals surface area (Å²) in [7, 11) is 4.09. The fourth-order valence-corrected chi connectivity index (χ4v) is 1.74. The average Bonchev–Trinajstić information content (AvgIpc) is 2.25. The van der Waals surface area contributed by atoms with Crippen molar-refractivity contribution in [2.24, 2.45) is 5.73 Å². The van der Waals surface area contributed by atoms with Crippen LogP contribution in [0.3, 0.4) is 0 Å². The van der Waals surface area contributed by atoms with Crippen LogP contribution in [0.2, 0.25) is 0 Å². The van der Waals surface area contributed by atoms with Crippen LogP contribution >= 0.6 is 0 Å². The van der Waals surface area contributed by atoms with Crippen LogP contribution in [0.5, 0.6) is 5.75 Å². The highest BCUT2D eigenvalue weighted by atomic mass is 16.3. The standard InChI is InChI=1S/C13H23N3O/c1-10(14)8-15-9-13(16(2)3)11-4-6-12(17)7-5-11/h4-7,10,13,15,17H,8-9,14H2,1-3H3. The summed E-state index contributed by atoms with van der Waals surface area (Å²) in [5.74, 6) is 0.301. The molecule has 1 aromatic carbocycles. The summed E-state index contributed by atoms with van der Waals surface area (Å²) >= 11 is 0. The molecule has 1 rings (SSSR count). The van der Waals surface area contributed by atoms with Crippen LogP contribution in [-0.2, 0) is 0 Å². The van der Waals surface area contributed by atoms with Gasteiger partial charge in [0.25, 0.3) is 0 Å². The first-order chi connectivity index (χ1) is 8.00. The molecule has 2 atom stereocenters. The van der Waals surface area contributed by atoms with Crippen molar-refractivity contribution in [3.05, 3.63) is 29.8 Å². The molecule has 0 spiro atoms. The lowest BCUT2D eigenvalue weighted by Crippen LogP contribution is -2.37. The minimum atomic E-state index is 0.164. The molecule has 1 aromatic rings. The van der Waals surface area contributed by atoms with E-state index >= 15 is 0 Å². The van der Waals surface area contributed by atoms with Gasteiger partial charge in [-0.2, -0.15) is 0 Å². The number of phenolic OH excluding ortho intramolecular Hbond substituents is 1. The predicted octanol–water partition coefficient (Wildman–Crippen LogP) is 0.932. The summed E-state index contributed by atoms with van der Waals surface area (Å²) in [6.45, 7) is 3.64. The second kappa shape index (κ2) is 6.59. The topological polar surface area (TPSA) is 61.5 Å². The van der Waals surface area contributed by atoms with Crippen LogP contribution in [0.15, 0.2) is 24.3 Å². The van der Waals surface area contributed by atoms with Gasteiger partial charge in [0, 0.05) is 25.2 Å². The highest BCUT2D eigenvalue weighted by molar-refractivity contribution is 5.28. The molecule has 0 saturated heterocycles. The number of likely N-dealkylation sites (N-methyl/N-ethyl adjacent to an activating group) is 1. The molecule has 0 fully saturated rings. The Bertz CT molecular complexity index is 322. The zero-order valence-corrected chi connectivity index (χ0v) is 10.9. The molecule has 96 valence electrons. The SMILES string of the molecule is CC(N)CNCC(c1ccc(O)cc1)N(C)C. The molecule has 0 amide bonds. The van der Waals surface area contributed by atoms with E-state index in [-0.39, 0.29) is 12.1 Å². The Morgan fingerprint density at radius 2 is 1.82 bits per heavy atom. The van der Waals surface area contributed by atoms with Gasteiger partial charge < -0.3 is 21.1 Å². The van der Waals surface area contributed by atoms with Crippen molar-refractivity contribution < 1.29 is 5.11 Å². The largest absolute Gasteiger partial charge is 0.508 e.